The number of fused-ring (bicyclic) bond motifs is 5. The van der Waals surface area contributed by atoms with E-state index in [1.54, 1.807) is 11.8 Å². The Morgan fingerprint density at radius 2 is 1.94 bits per heavy atom. The second-order valence-corrected chi connectivity index (χ2v) is 12.9. The van der Waals surface area contributed by atoms with Crippen LogP contribution >= 0.6 is 0 Å². The molecule has 0 saturated heterocycles. The van der Waals surface area contributed by atoms with Crippen molar-refractivity contribution in [1.29, 1.82) is 0 Å². The molecule has 0 aliphatic heterocycles. The van der Waals surface area contributed by atoms with Crippen LogP contribution in [-0.4, -0.2) is 17.8 Å². The van der Waals surface area contributed by atoms with E-state index in [0.29, 0.717) is 16.9 Å². The minimum atomic E-state index is 0.0930. The van der Waals surface area contributed by atoms with Gasteiger partial charge in [-0.05, 0) is 104 Å². The van der Waals surface area contributed by atoms with E-state index in [1.165, 1.54) is 64.2 Å². The minimum absolute atomic E-state index is 0.0930. The number of allylic oxidation sites excluding steroid dienone is 1. The van der Waals surface area contributed by atoms with Gasteiger partial charge in [0.15, 0.2) is 0 Å². The Bertz CT molecular complexity index is 706. The summed E-state index contributed by atoms with van der Waals surface area (Å²) in [6, 6.07) is 0. The number of aliphatic hydroxyl groups is 1. The van der Waals surface area contributed by atoms with Crippen molar-refractivity contribution in [1.82, 2.24) is 0 Å². The SMILES string of the molecule is C/C(=C\OC1CC[C@@]2(C)C(=CC[C@H]3C4CCC(CCCCC(C)C)[C@@]4(C)CCC32)C1)CO. The minimum Gasteiger partial charge on any atom is -0.498 e. The molecule has 3 fully saturated rings. The number of aliphatic hydroxyl groups excluding tert-OH is 1. The average molecular weight is 443 g/mol. The second kappa shape index (κ2) is 9.85. The molecular formula is C30H50O2. The van der Waals surface area contributed by atoms with Crippen molar-refractivity contribution in [3.63, 3.8) is 0 Å². The van der Waals surface area contributed by atoms with Gasteiger partial charge >= 0.3 is 0 Å². The lowest BCUT2D eigenvalue weighted by Crippen LogP contribution is -2.50. The Hall–Kier alpha value is -0.760. The van der Waals surface area contributed by atoms with E-state index in [4.69, 9.17) is 4.74 Å². The molecule has 0 aromatic rings. The standard InChI is InChI=1S/C30H50O2/c1-21(2)8-6-7-9-23-11-13-27-26-12-10-24-18-25(32-20-22(3)19-31)14-16-30(24,5)28(26)15-17-29(23,27)4/h10,20-21,23,25-28,31H,6-9,11-19H2,1-5H3/b22-20+/t23?,25?,26-,27?,28?,29+,30-/m0/s1. The molecule has 0 spiro atoms. The molecule has 4 unspecified atom stereocenters. The highest BCUT2D eigenvalue weighted by molar-refractivity contribution is 5.25. The summed E-state index contributed by atoms with van der Waals surface area (Å²) >= 11 is 0. The van der Waals surface area contributed by atoms with Crippen LogP contribution < -0.4 is 0 Å². The Morgan fingerprint density at radius 3 is 2.69 bits per heavy atom. The van der Waals surface area contributed by atoms with Gasteiger partial charge in [-0.25, -0.2) is 0 Å². The van der Waals surface area contributed by atoms with E-state index in [0.717, 1.165) is 48.0 Å². The van der Waals surface area contributed by atoms with E-state index in [9.17, 15) is 5.11 Å². The lowest BCUT2D eigenvalue weighted by molar-refractivity contribution is -0.0519. The molecule has 1 N–H and O–H groups in total. The van der Waals surface area contributed by atoms with E-state index in [-0.39, 0.29) is 6.61 Å². The van der Waals surface area contributed by atoms with Crippen LogP contribution in [0.2, 0.25) is 0 Å². The average Bonchev–Trinajstić information content (AvgIpc) is 3.11. The summed E-state index contributed by atoms with van der Waals surface area (Å²) in [6.07, 6.45) is 21.3. The number of unbranched alkanes of at least 4 members (excludes halogenated alkanes) is 1. The van der Waals surface area contributed by atoms with Gasteiger partial charge in [0, 0.05) is 6.42 Å². The molecule has 4 rings (SSSR count). The summed E-state index contributed by atoms with van der Waals surface area (Å²) in [7, 11) is 0. The first kappa shape index (κ1) is 24.4. The zero-order valence-electron chi connectivity index (χ0n) is 21.7. The highest BCUT2D eigenvalue weighted by atomic mass is 16.5. The van der Waals surface area contributed by atoms with E-state index >= 15 is 0 Å². The number of hydrogen-bond acceptors (Lipinski definition) is 2. The first-order valence-corrected chi connectivity index (χ1v) is 13.9. The van der Waals surface area contributed by atoms with Gasteiger partial charge in [-0.3, -0.25) is 0 Å². The summed E-state index contributed by atoms with van der Waals surface area (Å²) in [5.41, 5.74) is 3.61. The monoisotopic (exact) mass is 442 g/mol. The Morgan fingerprint density at radius 1 is 1.12 bits per heavy atom. The van der Waals surface area contributed by atoms with Gasteiger partial charge < -0.3 is 9.84 Å². The van der Waals surface area contributed by atoms with Crippen LogP contribution in [0.3, 0.4) is 0 Å². The molecule has 7 atom stereocenters. The quantitative estimate of drug-likeness (QED) is 0.234. The third-order valence-corrected chi connectivity index (χ3v) is 10.6. The predicted octanol–water partition coefficient (Wildman–Crippen LogP) is 8.06. The van der Waals surface area contributed by atoms with Gasteiger partial charge in [-0.2, -0.15) is 0 Å². The topological polar surface area (TPSA) is 29.5 Å². The number of hydrogen-bond donors (Lipinski definition) is 1. The molecule has 4 aliphatic rings. The Labute approximate surface area is 198 Å². The molecule has 0 bridgehead atoms. The number of rotatable bonds is 8. The molecule has 4 aliphatic carbocycles. The van der Waals surface area contributed by atoms with Crippen molar-refractivity contribution in [2.45, 2.75) is 118 Å². The number of ether oxygens (including phenoxy) is 1. The molecule has 0 heterocycles. The molecule has 32 heavy (non-hydrogen) atoms. The van der Waals surface area contributed by atoms with Gasteiger partial charge in [0.2, 0.25) is 0 Å². The zero-order valence-corrected chi connectivity index (χ0v) is 21.7. The maximum atomic E-state index is 9.26. The maximum absolute atomic E-state index is 9.26. The third kappa shape index (κ3) is 4.59. The molecule has 0 aromatic carbocycles. The summed E-state index contributed by atoms with van der Waals surface area (Å²) < 4.78 is 6.06. The van der Waals surface area contributed by atoms with Crippen molar-refractivity contribution < 1.29 is 9.84 Å². The van der Waals surface area contributed by atoms with Crippen LogP contribution in [0, 0.1) is 40.4 Å². The highest BCUT2D eigenvalue weighted by Crippen LogP contribution is 2.66. The highest BCUT2D eigenvalue weighted by Gasteiger charge is 2.58. The lowest BCUT2D eigenvalue weighted by Gasteiger charge is -2.58. The van der Waals surface area contributed by atoms with E-state index in [1.807, 2.05) is 6.92 Å². The second-order valence-electron chi connectivity index (χ2n) is 12.9. The van der Waals surface area contributed by atoms with Gasteiger partial charge in [-0.15, -0.1) is 0 Å². The predicted molar refractivity (Wildman–Crippen MR) is 134 cm³/mol. The fourth-order valence-corrected chi connectivity index (χ4v) is 8.52. The lowest BCUT2D eigenvalue weighted by atomic mass is 9.47. The van der Waals surface area contributed by atoms with Crippen LogP contribution in [0.4, 0.5) is 0 Å². The first-order chi connectivity index (χ1) is 15.3. The first-order valence-electron chi connectivity index (χ1n) is 13.9. The zero-order chi connectivity index (χ0) is 22.9. The van der Waals surface area contributed by atoms with Crippen molar-refractivity contribution >= 4 is 0 Å². The molecule has 182 valence electrons. The molecule has 0 aromatic heterocycles. The summed E-state index contributed by atoms with van der Waals surface area (Å²) in [4.78, 5) is 0. The van der Waals surface area contributed by atoms with Gasteiger partial charge in [-0.1, -0.05) is 58.6 Å². The molecule has 0 amide bonds. The smallest absolute Gasteiger partial charge is 0.102 e. The summed E-state index contributed by atoms with van der Waals surface area (Å²) in [5.74, 6) is 4.59. The Kier molecular flexibility index (Phi) is 7.50. The van der Waals surface area contributed by atoms with Crippen molar-refractivity contribution in [3.8, 4) is 0 Å². The van der Waals surface area contributed by atoms with E-state index < -0.39 is 0 Å². The van der Waals surface area contributed by atoms with Gasteiger partial charge in [0.05, 0.1) is 12.9 Å². The molecule has 2 heteroatoms. The fourth-order valence-electron chi connectivity index (χ4n) is 8.52. The van der Waals surface area contributed by atoms with Crippen LogP contribution in [-0.2, 0) is 4.74 Å². The molecule has 3 saturated carbocycles. The van der Waals surface area contributed by atoms with Crippen LogP contribution in [0.5, 0.6) is 0 Å². The van der Waals surface area contributed by atoms with Crippen LogP contribution in [0.1, 0.15) is 112 Å². The third-order valence-electron chi connectivity index (χ3n) is 10.6. The summed E-state index contributed by atoms with van der Waals surface area (Å²) in [6.45, 7) is 12.1. The van der Waals surface area contributed by atoms with Gasteiger partial charge in [0.25, 0.3) is 0 Å². The molecule has 2 nitrogen and oxygen atoms in total. The Balaban J connectivity index is 1.41. The van der Waals surface area contributed by atoms with Crippen LogP contribution in [0.25, 0.3) is 0 Å². The van der Waals surface area contributed by atoms with Crippen molar-refractivity contribution in [2.75, 3.05) is 6.61 Å². The van der Waals surface area contributed by atoms with Crippen molar-refractivity contribution in [3.05, 3.63) is 23.5 Å². The van der Waals surface area contributed by atoms with E-state index in [2.05, 4.69) is 33.8 Å². The largest absolute Gasteiger partial charge is 0.498 e. The van der Waals surface area contributed by atoms with Crippen molar-refractivity contribution in [2.24, 2.45) is 40.4 Å². The summed E-state index contributed by atoms with van der Waals surface area (Å²) in [5, 5.41) is 9.26. The molecular weight excluding hydrogens is 392 g/mol. The maximum Gasteiger partial charge on any atom is 0.102 e. The van der Waals surface area contributed by atoms with Gasteiger partial charge in [0.1, 0.15) is 6.10 Å². The molecule has 0 radical (unpaired) electrons. The fraction of sp³-hybridized carbons (Fsp3) is 0.867. The van der Waals surface area contributed by atoms with Crippen LogP contribution in [0.15, 0.2) is 23.5 Å². The normalized spacial score (nSPS) is 41.7.